The van der Waals surface area contributed by atoms with E-state index in [1.165, 1.54) is 6.42 Å². The van der Waals surface area contributed by atoms with Crippen LogP contribution in [-0.2, 0) is 4.79 Å². The van der Waals surface area contributed by atoms with E-state index in [9.17, 15) is 4.79 Å². The van der Waals surface area contributed by atoms with Gasteiger partial charge in [-0.25, -0.2) is 0 Å². The first kappa shape index (κ1) is 8.05. The van der Waals surface area contributed by atoms with E-state index < -0.39 is 0 Å². The van der Waals surface area contributed by atoms with Gasteiger partial charge in [0.15, 0.2) is 0 Å². The fraction of sp³-hybridized carbons (Fsp3) is 0.889. The zero-order chi connectivity index (χ0) is 8.77. The summed E-state index contributed by atoms with van der Waals surface area (Å²) in [6, 6.07) is 0.0220. The van der Waals surface area contributed by atoms with Gasteiger partial charge >= 0.3 is 0 Å². The quantitative estimate of drug-likeness (QED) is 0.594. The maximum absolute atomic E-state index is 11.3. The van der Waals surface area contributed by atoms with Gasteiger partial charge in [0.2, 0.25) is 5.91 Å². The standard InChI is InChI=1S/C9H16N2O/c10-7-2-1-6-3-4-9(7,5-6)8(11)12/h6-7H,1-5,10H2,(H2,11,12)/t6?,7-,9?/m0/s1. The summed E-state index contributed by atoms with van der Waals surface area (Å²) in [5, 5.41) is 0. The van der Waals surface area contributed by atoms with E-state index in [4.69, 9.17) is 11.5 Å². The van der Waals surface area contributed by atoms with Gasteiger partial charge < -0.3 is 11.5 Å². The first-order valence-electron chi connectivity index (χ1n) is 4.70. The molecule has 2 saturated carbocycles. The molecule has 0 aromatic carbocycles. The van der Waals surface area contributed by atoms with Crippen LogP contribution in [0.15, 0.2) is 0 Å². The van der Waals surface area contributed by atoms with E-state index in [1.54, 1.807) is 0 Å². The maximum Gasteiger partial charge on any atom is 0.225 e. The number of carbonyl (C=O) groups is 1. The predicted octanol–water partition coefficient (Wildman–Crippen LogP) is 0.379. The third kappa shape index (κ3) is 0.891. The lowest BCUT2D eigenvalue weighted by atomic mass is 9.71. The van der Waals surface area contributed by atoms with Crippen LogP contribution in [0.5, 0.6) is 0 Å². The number of primary amides is 1. The first-order valence-corrected chi connectivity index (χ1v) is 4.70. The monoisotopic (exact) mass is 168 g/mol. The Hall–Kier alpha value is -0.570. The zero-order valence-electron chi connectivity index (χ0n) is 7.25. The molecule has 0 aliphatic heterocycles. The lowest BCUT2D eigenvalue weighted by Crippen LogP contribution is -2.50. The van der Waals surface area contributed by atoms with Gasteiger partial charge in [0.25, 0.3) is 0 Å². The third-order valence-electron chi connectivity index (χ3n) is 3.74. The Morgan fingerprint density at radius 2 is 2.08 bits per heavy atom. The molecule has 0 radical (unpaired) electrons. The molecule has 4 N–H and O–H groups in total. The van der Waals surface area contributed by atoms with Crippen LogP contribution in [0.3, 0.4) is 0 Å². The van der Waals surface area contributed by atoms with Crippen LogP contribution in [0.1, 0.15) is 32.1 Å². The highest BCUT2D eigenvalue weighted by Crippen LogP contribution is 2.50. The molecule has 3 atom stereocenters. The average molecular weight is 168 g/mol. The van der Waals surface area contributed by atoms with E-state index in [2.05, 4.69) is 0 Å². The Labute approximate surface area is 72.5 Å². The maximum atomic E-state index is 11.3. The second kappa shape index (κ2) is 2.46. The molecule has 0 aromatic heterocycles. The molecule has 2 aliphatic rings. The predicted molar refractivity (Wildman–Crippen MR) is 46.2 cm³/mol. The van der Waals surface area contributed by atoms with Gasteiger partial charge in [-0.1, -0.05) is 0 Å². The molecule has 0 saturated heterocycles. The SMILES string of the molecule is NC(=O)C12CCC(CC[C@@H]1N)C2. The first-order chi connectivity index (χ1) is 5.65. The molecular formula is C9H16N2O. The summed E-state index contributed by atoms with van der Waals surface area (Å²) in [5.74, 6) is 0.550. The van der Waals surface area contributed by atoms with Crippen molar-refractivity contribution in [2.45, 2.75) is 38.1 Å². The van der Waals surface area contributed by atoms with Crippen molar-refractivity contribution in [3.05, 3.63) is 0 Å². The van der Waals surface area contributed by atoms with Crippen LogP contribution in [0, 0.1) is 11.3 Å². The molecule has 12 heavy (non-hydrogen) atoms. The Morgan fingerprint density at radius 1 is 1.33 bits per heavy atom. The van der Waals surface area contributed by atoms with Crippen molar-refractivity contribution >= 4 is 5.91 Å². The number of nitrogens with two attached hydrogens (primary N) is 2. The zero-order valence-corrected chi connectivity index (χ0v) is 7.25. The third-order valence-corrected chi connectivity index (χ3v) is 3.74. The molecule has 2 aliphatic carbocycles. The van der Waals surface area contributed by atoms with Crippen LogP contribution in [0.25, 0.3) is 0 Å². The number of hydrogen-bond acceptors (Lipinski definition) is 2. The summed E-state index contributed by atoms with van der Waals surface area (Å²) in [6.45, 7) is 0. The highest BCUT2D eigenvalue weighted by atomic mass is 16.1. The summed E-state index contributed by atoms with van der Waals surface area (Å²) >= 11 is 0. The second-order valence-electron chi connectivity index (χ2n) is 4.31. The van der Waals surface area contributed by atoms with E-state index >= 15 is 0 Å². The Bertz CT molecular complexity index is 217. The van der Waals surface area contributed by atoms with Gasteiger partial charge in [-0.15, -0.1) is 0 Å². The highest BCUT2D eigenvalue weighted by Gasteiger charge is 2.50. The van der Waals surface area contributed by atoms with Gasteiger partial charge in [-0.2, -0.15) is 0 Å². The van der Waals surface area contributed by atoms with Gasteiger partial charge in [-0.05, 0) is 38.0 Å². The minimum Gasteiger partial charge on any atom is -0.369 e. The molecule has 0 heterocycles. The van der Waals surface area contributed by atoms with Crippen molar-refractivity contribution in [2.75, 3.05) is 0 Å². The van der Waals surface area contributed by atoms with Crippen LogP contribution in [-0.4, -0.2) is 11.9 Å². The van der Waals surface area contributed by atoms with E-state index in [0.717, 1.165) is 31.6 Å². The van der Waals surface area contributed by atoms with E-state index in [-0.39, 0.29) is 17.4 Å². The second-order valence-corrected chi connectivity index (χ2v) is 4.31. The minimum absolute atomic E-state index is 0.0220. The van der Waals surface area contributed by atoms with Crippen molar-refractivity contribution in [3.8, 4) is 0 Å². The lowest BCUT2D eigenvalue weighted by molar-refractivity contribution is -0.129. The van der Waals surface area contributed by atoms with Crippen molar-refractivity contribution < 1.29 is 4.79 Å². The largest absolute Gasteiger partial charge is 0.369 e. The van der Waals surface area contributed by atoms with Crippen LogP contribution >= 0.6 is 0 Å². The molecule has 0 spiro atoms. The normalized spacial score (nSPS) is 46.1. The summed E-state index contributed by atoms with van der Waals surface area (Å²) in [6.07, 6.45) is 5.19. The molecular weight excluding hydrogens is 152 g/mol. The topological polar surface area (TPSA) is 69.1 Å². The average Bonchev–Trinajstić information content (AvgIpc) is 2.39. The van der Waals surface area contributed by atoms with Crippen molar-refractivity contribution in [1.29, 1.82) is 0 Å². The van der Waals surface area contributed by atoms with Crippen LogP contribution in [0.4, 0.5) is 0 Å². The molecule has 3 nitrogen and oxygen atoms in total. The lowest BCUT2D eigenvalue weighted by Gasteiger charge is -2.36. The van der Waals surface area contributed by atoms with Crippen LogP contribution in [0.2, 0.25) is 0 Å². The number of rotatable bonds is 1. The summed E-state index contributed by atoms with van der Waals surface area (Å²) in [5.41, 5.74) is 11.0. The Balaban J connectivity index is 2.27. The number of hydrogen-bond donors (Lipinski definition) is 2. The summed E-state index contributed by atoms with van der Waals surface area (Å²) in [4.78, 5) is 11.3. The fourth-order valence-corrected chi connectivity index (χ4v) is 2.86. The fourth-order valence-electron chi connectivity index (χ4n) is 2.86. The number of fused-ring (bicyclic) bond motifs is 2. The van der Waals surface area contributed by atoms with Gasteiger partial charge in [-0.3, -0.25) is 4.79 Å². The molecule has 2 bridgehead atoms. The van der Waals surface area contributed by atoms with Crippen LogP contribution < -0.4 is 11.5 Å². The highest BCUT2D eigenvalue weighted by molar-refractivity contribution is 5.82. The van der Waals surface area contributed by atoms with E-state index in [0.29, 0.717) is 0 Å². The molecule has 1 amide bonds. The van der Waals surface area contributed by atoms with E-state index in [1.807, 2.05) is 0 Å². The Morgan fingerprint density at radius 3 is 2.67 bits per heavy atom. The molecule has 68 valence electrons. The summed E-state index contributed by atoms with van der Waals surface area (Å²) < 4.78 is 0. The molecule has 3 heteroatoms. The molecule has 2 unspecified atom stereocenters. The number of amides is 1. The van der Waals surface area contributed by atoms with Gasteiger partial charge in [0, 0.05) is 6.04 Å². The van der Waals surface area contributed by atoms with Gasteiger partial charge in [0.1, 0.15) is 0 Å². The molecule has 0 aromatic rings. The van der Waals surface area contributed by atoms with Crippen molar-refractivity contribution in [1.82, 2.24) is 0 Å². The molecule has 2 fully saturated rings. The van der Waals surface area contributed by atoms with Gasteiger partial charge in [0.05, 0.1) is 5.41 Å². The molecule has 2 rings (SSSR count). The minimum atomic E-state index is -0.330. The number of carbonyl (C=O) groups excluding carboxylic acids is 1. The summed E-state index contributed by atoms with van der Waals surface area (Å²) in [7, 11) is 0. The van der Waals surface area contributed by atoms with Crippen molar-refractivity contribution in [2.24, 2.45) is 22.8 Å². The van der Waals surface area contributed by atoms with Crippen molar-refractivity contribution in [3.63, 3.8) is 0 Å². The Kier molecular flexibility index (Phi) is 1.65. The smallest absolute Gasteiger partial charge is 0.225 e.